The highest BCUT2D eigenvalue weighted by atomic mass is 32.2. The number of carbonyl (C=O) groups excluding carboxylic acids is 1. The third-order valence-corrected chi connectivity index (χ3v) is 5.95. The number of rotatable bonds is 6. The molecule has 1 saturated heterocycles. The van der Waals surface area contributed by atoms with Gasteiger partial charge in [-0.1, -0.05) is 30.3 Å². The van der Waals surface area contributed by atoms with Gasteiger partial charge in [0.2, 0.25) is 0 Å². The molecule has 6 nitrogen and oxygen atoms in total. The van der Waals surface area contributed by atoms with Gasteiger partial charge in [-0.3, -0.25) is 9.69 Å². The van der Waals surface area contributed by atoms with E-state index < -0.39 is 9.84 Å². The Labute approximate surface area is 166 Å². The van der Waals surface area contributed by atoms with Crippen LogP contribution < -0.4 is 5.32 Å². The van der Waals surface area contributed by atoms with Gasteiger partial charge in [-0.2, -0.15) is 0 Å². The van der Waals surface area contributed by atoms with Gasteiger partial charge in [0.15, 0.2) is 9.84 Å². The molecular formula is C21H26N2O4S. The second-order valence-corrected chi connectivity index (χ2v) is 9.16. The van der Waals surface area contributed by atoms with E-state index in [1.807, 2.05) is 12.1 Å². The molecule has 1 fully saturated rings. The van der Waals surface area contributed by atoms with Crippen LogP contribution in [-0.2, 0) is 27.7 Å². The molecule has 1 amide bonds. The van der Waals surface area contributed by atoms with E-state index in [2.05, 4.69) is 22.3 Å². The van der Waals surface area contributed by atoms with Crippen LogP contribution in [0.5, 0.6) is 0 Å². The third kappa shape index (κ3) is 5.41. The third-order valence-electron chi connectivity index (χ3n) is 4.84. The molecule has 28 heavy (non-hydrogen) atoms. The summed E-state index contributed by atoms with van der Waals surface area (Å²) in [5, 5.41) is 2.90. The SMILES string of the molecule is Cc1ccc(S(C)(=O)=O)cc1C(=O)NCc1cccc(CN2CCOCC2)c1. The van der Waals surface area contributed by atoms with Crippen molar-refractivity contribution in [1.82, 2.24) is 10.2 Å². The second-order valence-electron chi connectivity index (χ2n) is 7.14. The summed E-state index contributed by atoms with van der Waals surface area (Å²) in [5.41, 5.74) is 3.33. The topological polar surface area (TPSA) is 75.7 Å². The van der Waals surface area contributed by atoms with Crippen molar-refractivity contribution in [2.75, 3.05) is 32.6 Å². The van der Waals surface area contributed by atoms with Crippen LogP contribution in [0.15, 0.2) is 47.4 Å². The number of benzene rings is 2. The zero-order chi connectivity index (χ0) is 20.1. The molecule has 2 aromatic rings. The first-order valence-electron chi connectivity index (χ1n) is 9.30. The van der Waals surface area contributed by atoms with Crippen LogP contribution in [0.3, 0.4) is 0 Å². The van der Waals surface area contributed by atoms with E-state index >= 15 is 0 Å². The maximum absolute atomic E-state index is 12.6. The van der Waals surface area contributed by atoms with Crippen molar-refractivity contribution in [3.8, 4) is 0 Å². The van der Waals surface area contributed by atoms with E-state index in [4.69, 9.17) is 4.74 Å². The normalized spacial score (nSPS) is 15.4. The Kier molecular flexibility index (Phi) is 6.49. The van der Waals surface area contributed by atoms with Crippen molar-refractivity contribution in [2.24, 2.45) is 0 Å². The number of hydrogen-bond donors (Lipinski definition) is 1. The van der Waals surface area contributed by atoms with Crippen molar-refractivity contribution in [1.29, 1.82) is 0 Å². The first-order valence-corrected chi connectivity index (χ1v) is 11.2. The smallest absolute Gasteiger partial charge is 0.251 e. The number of aryl methyl sites for hydroxylation is 1. The van der Waals surface area contributed by atoms with Gasteiger partial charge >= 0.3 is 0 Å². The lowest BCUT2D eigenvalue weighted by Crippen LogP contribution is -2.35. The summed E-state index contributed by atoms with van der Waals surface area (Å²) in [5.74, 6) is -0.276. The molecule has 1 aliphatic rings. The summed E-state index contributed by atoms with van der Waals surface area (Å²) >= 11 is 0. The second kappa shape index (κ2) is 8.86. The number of carbonyl (C=O) groups is 1. The van der Waals surface area contributed by atoms with E-state index in [1.165, 1.54) is 17.7 Å². The Bertz CT molecular complexity index is 951. The van der Waals surface area contributed by atoms with Gasteiger partial charge < -0.3 is 10.1 Å². The summed E-state index contributed by atoms with van der Waals surface area (Å²) in [6, 6.07) is 12.8. The molecule has 0 aromatic heterocycles. The molecule has 0 radical (unpaired) electrons. The van der Waals surface area contributed by atoms with Gasteiger partial charge in [0.05, 0.1) is 18.1 Å². The van der Waals surface area contributed by atoms with Gasteiger partial charge in [0.25, 0.3) is 5.91 Å². The highest BCUT2D eigenvalue weighted by molar-refractivity contribution is 7.90. The summed E-state index contributed by atoms with van der Waals surface area (Å²) in [4.78, 5) is 15.1. The van der Waals surface area contributed by atoms with Crippen LogP contribution in [0, 0.1) is 6.92 Å². The number of nitrogens with zero attached hydrogens (tertiary/aromatic N) is 1. The van der Waals surface area contributed by atoms with E-state index in [-0.39, 0.29) is 10.8 Å². The molecular weight excluding hydrogens is 376 g/mol. The fourth-order valence-electron chi connectivity index (χ4n) is 3.21. The van der Waals surface area contributed by atoms with Crippen molar-refractivity contribution in [2.45, 2.75) is 24.9 Å². The minimum absolute atomic E-state index is 0.149. The van der Waals surface area contributed by atoms with Crippen LogP contribution in [0.2, 0.25) is 0 Å². The molecule has 3 rings (SSSR count). The maximum Gasteiger partial charge on any atom is 0.251 e. The Morgan fingerprint density at radius 3 is 2.54 bits per heavy atom. The van der Waals surface area contributed by atoms with Gasteiger partial charge in [-0.25, -0.2) is 8.42 Å². The Balaban J connectivity index is 1.65. The first kappa shape index (κ1) is 20.5. The first-order chi connectivity index (χ1) is 13.3. The number of amides is 1. The van der Waals surface area contributed by atoms with E-state index in [1.54, 1.807) is 13.0 Å². The van der Waals surface area contributed by atoms with Crippen LogP contribution in [0.25, 0.3) is 0 Å². The van der Waals surface area contributed by atoms with Gasteiger partial charge in [0, 0.05) is 38.0 Å². The minimum Gasteiger partial charge on any atom is -0.379 e. The van der Waals surface area contributed by atoms with Crippen LogP contribution in [0.4, 0.5) is 0 Å². The Hall–Kier alpha value is -2.22. The molecule has 0 atom stereocenters. The summed E-state index contributed by atoms with van der Waals surface area (Å²) in [7, 11) is -3.36. The largest absolute Gasteiger partial charge is 0.379 e. The molecule has 1 aliphatic heterocycles. The van der Waals surface area contributed by atoms with Crippen LogP contribution >= 0.6 is 0 Å². The summed E-state index contributed by atoms with van der Waals surface area (Å²) in [6.07, 6.45) is 1.14. The number of ether oxygens (including phenoxy) is 1. The summed E-state index contributed by atoms with van der Waals surface area (Å²) in [6.45, 7) is 6.43. The number of hydrogen-bond acceptors (Lipinski definition) is 5. The Morgan fingerprint density at radius 2 is 1.82 bits per heavy atom. The van der Waals surface area contributed by atoms with E-state index in [9.17, 15) is 13.2 Å². The van der Waals surface area contributed by atoms with Crippen molar-refractivity contribution in [3.05, 3.63) is 64.7 Å². The molecule has 0 bridgehead atoms. The Morgan fingerprint density at radius 1 is 1.11 bits per heavy atom. The molecule has 1 heterocycles. The minimum atomic E-state index is -3.36. The molecule has 2 aromatic carbocycles. The average Bonchev–Trinajstić information content (AvgIpc) is 2.67. The van der Waals surface area contributed by atoms with Gasteiger partial charge in [-0.05, 0) is 35.7 Å². The standard InChI is InChI=1S/C21H26N2O4S/c1-16-6-7-19(28(2,25)26)13-20(16)21(24)22-14-17-4-3-5-18(12-17)15-23-8-10-27-11-9-23/h3-7,12-13H,8-11,14-15H2,1-2H3,(H,22,24). The molecule has 0 saturated carbocycles. The summed E-state index contributed by atoms with van der Waals surface area (Å²) < 4.78 is 28.9. The lowest BCUT2D eigenvalue weighted by Gasteiger charge is -2.26. The molecule has 0 aliphatic carbocycles. The highest BCUT2D eigenvalue weighted by Crippen LogP contribution is 2.16. The monoisotopic (exact) mass is 402 g/mol. The van der Waals surface area contributed by atoms with Gasteiger partial charge in [-0.15, -0.1) is 0 Å². The highest BCUT2D eigenvalue weighted by Gasteiger charge is 2.15. The van der Waals surface area contributed by atoms with Crippen LogP contribution in [0.1, 0.15) is 27.0 Å². The zero-order valence-corrected chi connectivity index (χ0v) is 17.1. The number of morpholine rings is 1. The van der Waals surface area contributed by atoms with Crippen LogP contribution in [-0.4, -0.2) is 51.8 Å². The lowest BCUT2D eigenvalue weighted by molar-refractivity contribution is 0.0342. The maximum atomic E-state index is 12.6. The molecule has 150 valence electrons. The van der Waals surface area contributed by atoms with Gasteiger partial charge in [0.1, 0.15) is 0 Å². The molecule has 7 heteroatoms. The van der Waals surface area contributed by atoms with Crippen molar-refractivity contribution < 1.29 is 17.9 Å². The van der Waals surface area contributed by atoms with Crippen molar-refractivity contribution >= 4 is 15.7 Å². The average molecular weight is 403 g/mol. The predicted molar refractivity (Wildman–Crippen MR) is 108 cm³/mol. The fourth-order valence-corrected chi connectivity index (χ4v) is 3.86. The predicted octanol–water partition coefficient (Wildman–Crippen LogP) is 2.16. The zero-order valence-electron chi connectivity index (χ0n) is 16.3. The van der Waals surface area contributed by atoms with E-state index in [0.717, 1.165) is 50.2 Å². The quantitative estimate of drug-likeness (QED) is 0.801. The molecule has 1 N–H and O–H groups in total. The number of sulfone groups is 1. The molecule has 0 spiro atoms. The fraction of sp³-hybridized carbons (Fsp3) is 0.381. The number of nitrogens with one attached hydrogen (secondary N) is 1. The lowest BCUT2D eigenvalue weighted by atomic mass is 10.1. The molecule has 0 unspecified atom stereocenters. The van der Waals surface area contributed by atoms with E-state index in [0.29, 0.717) is 12.1 Å². The van der Waals surface area contributed by atoms with Crippen molar-refractivity contribution in [3.63, 3.8) is 0 Å².